The van der Waals surface area contributed by atoms with Gasteiger partial charge in [-0.15, -0.1) is 0 Å². The lowest BCUT2D eigenvalue weighted by atomic mass is 10.2. The highest BCUT2D eigenvalue weighted by molar-refractivity contribution is 5.92. The fraction of sp³-hybridized carbons (Fsp3) is 0.375. The van der Waals surface area contributed by atoms with Crippen molar-refractivity contribution in [3.63, 3.8) is 0 Å². The van der Waals surface area contributed by atoms with E-state index in [4.69, 9.17) is 4.74 Å². The zero-order valence-corrected chi connectivity index (χ0v) is 13.0. The van der Waals surface area contributed by atoms with Gasteiger partial charge in [-0.3, -0.25) is 9.48 Å². The van der Waals surface area contributed by atoms with Gasteiger partial charge in [-0.05, 0) is 37.6 Å². The van der Waals surface area contributed by atoms with Gasteiger partial charge in [0, 0.05) is 13.6 Å². The van der Waals surface area contributed by atoms with Gasteiger partial charge in [0.15, 0.2) is 0 Å². The van der Waals surface area contributed by atoms with Crippen molar-refractivity contribution in [2.24, 2.45) is 7.05 Å². The Morgan fingerprint density at radius 1 is 1.41 bits per heavy atom. The maximum atomic E-state index is 12.0. The van der Waals surface area contributed by atoms with E-state index in [0.29, 0.717) is 11.4 Å². The summed E-state index contributed by atoms with van der Waals surface area (Å²) in [6.07, 6.45) is -0.779. The van der Waals surface area contributed by atoms with E-state index in [1.165, 1.54) is 4.68 Å². The summed E-state index contributed by atoms with van der Waals surface area (Å²) in [5, 5.41) is 16.7. The van der Waals surface area contributed by atoms with Crippen molar-refractivity contribution < 1.29 is 14.6 Å². The topological polar surface area (TPSA) is 76.4 Å². The summed E-state index contributed by atoms with van der Waals surface area (Å²) in [6, 6.07) is 9.29. The number of aryl methyl sites for hydroxylation is 3. The highest BCUT2D eigenvalue weighted by atomic mass is 16.5. The van der Waals surface area contributed by atoms with Gasteiger partial charge >= 0.3 is 0 Å². The van der Waals surface area contributed by atoms with E-state index in [1.54, 1.807) is 13.1 Å². The molecule has 1 unspecified atom stereocenters. The van der Waals surface area contributed by atoms with Crippen molar-refractivity contribution in [2.45, 2.75) is 20.0 Å². The minimum atomic E-state index is -0.779. The van der Waals surface area contributed by atoms with Gasteiger partial charge in [-0.1, -0.05) is 12.1 Å². The van der Waals surface area contributed by atoms with Gasteiger partial charge in [0.05, 0.1) is 5.69 Å². The lowest BCUT2D eigenvalue weighted by Crippen LogP contribution is -2.36. The number of carbonyl (C=O) groups excluding carboxylic acids is 1. The third kappa shape index (κ3) is 4.33. The van der Waals surface area contributed by atoms with E-state index in [0.717, 1.165) is 11.3 Å². The van der Waals surface area contributed by atoms with Crippen molar-refractivity contribution in [1.82, 2.24) is 15.1 Å². The number of amides is 1. The lowest BCUT2D eigenvalue weighted by molar-refractivity contribution is 0.0836. The first kappa shape index (κ1) is 16.0. The largest absolute Gasteiger partial charge is 0.491 e. The molecule has 0 radical (unpaired) electrons. The SMILES string of the molecule is Cc1cccc(OCC(O)CNC(=O)c2cc(C)nn2C)c1. The molecule has 1 aromatic heterocycles. The van der Waals surface area contributed by atoms with Gasteiger partial charge < -0.3 is 15.2 Å². The number of hydrogen-bond acceptors (Lipinski definition) is 4. The molecule has 1 amide bonds. The van der Waals surface area contributed by atoms with Crippen LogP contribution in [-0.2, 0) is 7.05 Å². The molecule has 1 atom stereocenters. The fourth-order valence-corrected chi connectivity index (χ4v) is 2.08. The summed E-state index contributed by atoms with van der Waals surface area (Å²) in [5.41, 5.74) is 2.33. The number of aliphatic hydroxyl groups is 1. The molecule has 0 fully saturated rings. The minimum absolute atomic E-state index is 0.119. The van der Waals surface area contributed by atoms with Crippen molar-refractivity contribution >= 4 is 5.91 Å². The monoisotopic (exact) mass is 303 g/mol. The summed E-state index contributed by atoms with van der Waals surface area (Å²) < 4.78 is 7.01. The molecule has 0 spiro atoms. The van der Waals surface area contributed by atoms with E-state index in [9.17, 15) is 9.90 Å². The molecule has 1 aromatic carbocycles. The van der Waals surface area contributed by atoms with Crippen LogP contribution in [0.2, 0.25) is 0 Å². The molecule has 0 saturated carbocycles. The molecule has 6 heteroatoms. The second-order valence-corrected chi connectivity index (χ2v) is 5.29. The van der Waals surface area contributed by atoms with Crippen LogP contribution < -0.4 is 10.1 Å². The summed E-state index contributed by atoms with van der Waals surface area (Å²) in [6.45, 7) is 4.03. The van der Waals surface area contributed by atoms with Gasteiger partial charge in [0.1, 0.15) is 24.2 Å². The highest BCUT2D eigenvalue weighted by Crippen LogP contribution is 2.12. The maximum Gasteiger partial charge on any atom is 0.269 e. The number of rotatable bonds is 6. The van der Waals surface area contributed by atoms with E-state index in [2.05, 4.69) is 10.4 Å². The highest BCUT2D eigenvalue weighted by Gasteiger charge is 2.13. The van der Waals surface area contributed by atoms with Gasteiger partial charge in [0.2, 0.25) is 0 Å². The molecule has 0 aliphatic rings. The predicted molar refractivity (Wildman–Crippen MR) is 83.0 cm³/mol. The number of ether oxygens (including phenoxy) is 1. The number of nitrogens with zero attached hydrogens (tertiary/aromatic N) is 2. The third-order valence-electron chi connectivity index (χ3n) is 3.16. The Kier molecular flexibility index (Phi) is 5.16. The molecule has 0 aliphatic carbocycles. The van der Waals surface area contributed by atoms with Crippen LogP contribution in [0.25, 0.3) is 0 Å². The second-order valence-electron chi connectivity index (χ2n) is 5.29. The second kappa shape index (κ2) is 7.09. The van der Waals surface area contributed by atoms with Crippen molar-refractivity contribution in [3.8, 4) is 5.75 Å². The third-order valence-corrected chi connectivity index (χ3v) is 3.16. The van der Waals surface area contributed by atoms with Gasteiger partial charge in [0.25, 0.3) is 5.91 Å². The number of carbonyl (C=O) groups is 1. The van der Waals surface area contributed by atoms with Crippen LogP contribution in [0.3, 0.4) is 0 Å². The summed E-state index contributed by atoms with van der Waals surface area (Å²) >= 11 is 0. The molecular formula is C16H21N3O3. The van der Waals surface area contributed by atoms with E-state index >= 15 is 0 Å². The van der Waals surface area contributed by atoms with Crippen LogP contribution in [0.1, 0.15) is 21.7 Å². The van der Waals surface area contributed by atoms with Crippen LogP contribution >= 0.6 is 0 Å². The Morgan fingerprint density at radius 2 is 2.18 bits per heavy atom. The number of hydrogen-bond donors (Lipinski definition) is 2. The molecular weight excluding hydrogens is 282 g/mol. The summed E-state index contributed by atoms with van der Waals surface area (Å²) in [5.74, 6) is 0.436. The zero-order valence-electron chi connectivity index (χ0n) is 13.0. The Morgan fingerprint density at radius 3 is 2.82 bits per heavy atom. The first-order chi connectivity index (χ1) is 10.5. The number of benzene rings is 1. The summed E-state index contributed by atoms with van der Waals surface area (Å²) in [4.78, 5) is 12.0. The smallest absolute Gasteiger partial charge is 0.269 e. The molecule has 118 valence electrons. The molecule has 22 heavy (non-hydrogen) atoms. The number of aliphatic hydroxyl groups excluding tert-OH is 1. The normalized spacial score (nSPS) is 12.0. The van der Waals surface area contributed by atoms with Crippen LogP contribution in [-0.4, -0.2) is 40.0 Å². The van der Waals surface area contributed by atoms with Crippen LogP contribution in [0.15, 0.2) is 30.3 Å². The van der Waals surface area contributed by atoms with Crippen LogP contribution in [0.4, 0.5) is 0 Å². The van der Waals surface area contributed by atoms with E-state index in [-0.39, 0.29) is 19.1 Å². The Labute approximate surface area is 129 Å². The number of nitrogens with one attached hydrogen (secondary N) is 1. The minimum Gasteiger partial charge on any atom is -0.491 e. The predicted octanol–water partition coefficient (Wildman–Crippen LogP) is 1.21. The molecule has 0 bridgehead atoms. The molecule has 0 saturated heterocycles. The van der Waals surface area contributed by atoms with Crippen LogP contribution in [0, 0.1) is 13.8 Å². The number of aromatic nitrogens is 2. The molecule has 2 rings (SSSR count). The fourth-order valence-electron chi connectivity index (χ4n) is 2.08. The van der Waals surface area contributed by atoms with Crippen molar-refractivity contribution in [3.05, 3.63) is 47.3 Å². The Bertz CT molecular complexity index is 652. The molecule has 1 heterocycles. The van der Waals surface area contributed by atoms with Gasteiger partial charge in [-0.2, -0.15) is 5.10 Å². The average Bonchev–Trinajstić information content (AvgIpc) is 2.81. The average molecular weight is 303 g/mol. The van der Waals surface area contributed by atoms with E-state index < -0.39 is 6.10 Å². The zero-order chi connectivity index (χ0) is 16.1. The molecule has 2 aromatic rings. The van der Waals surface area contributed by atoms with Crippen molar-refractivity contribution in [2.75, 3.05) is 13.2 Å². The molecule has 0 aliphatic heterocycles. The molecule has 6 nitrogen and oxygen atoms in total. The van der Waals surface area contributed by atoms with Crippen molar-refractivity contribution in [1.29, 1.82) is 0 Å². The maximum absolute atomic E-state index is 12.0. The Balaban J connectivity index is 1.79. The van der Waals surface area contributed by atoms with Gasteiger partial charge in [-0.25, -0.2) is 0 Å². The first-order valence-corrected chi connectivity index (χ1v) is 7.12. The van der Waals surface area contributed by atoms with Crippen LogP contribution in [0.5, 0.6) is 5.75 Å². The molecule has 2 N–H and O–H groups in total. The Hall–Kier alpha value is -2.34. The lowest BCUT2D eigenvalue weighted by Gasteiger charge is -2.13. The quantitative estimate of drug-likeness (QED) is 0.841. The standard InChI is InChI=1S/C16H21N3O3/c1-11-5-4-6-14(7-11)22-10-13(20)9-17-16(21)15-8-12(2)18-19(15)3/h4-8,13,20H,9-10H2,1-3H3,(H,17,21). The summed E-state index contributed by atoms with van der Waals surface area (Å²) in [7, 11) is 1.71. The van der Waals surface area contributed by atoms with E-state index in [1.807, 2.05) is 38.1 Å². The first-order valence-electron chi connectivity index (χ1n) is 7.12.